The predicted molar refractivity (Wildman–Crippen MR) is 98.8 cm³/mol. The summed E-state index contributed by atoms with van der Waals surface area (Å²) < 4.78 is 37.0. The molecule has 2 aromatic rings. The number of alkyl halides is 2. The molecular weight excluding hydrogens is 338 g/mol. The number of rotatable bonds is 8. The van der Waals surface area contributed by atoms with Gasteiger partial charge in [0.1, 0.15) is 11.6 Å². The van der Waals surface area contributed by atoms with Gasteiger partial charge in [0, 0.05) is 19.6 Å². The van der Waals surface area contributed by atoms with Gasteiger partial charge in [-0.15, -0.1) is 0 Å². The zero-order valence-corrected chi connectivity index (χ0v) is 15.3. The highest BCUT2D eigenvalue weighted by Crippen LogP contribution is 2.27. The first-order valence-corrected chi connectivity index (χ1v) is 8.37. The van der Waals surface area contributed by atoms with Crippen molar-refractivity contribution in [3.8, 4) is 5.75 Å². The van der Waals surface area contributed by atoms with Crippen LogP contribution in [0.4, 0.5) is 8.78 Å². The van der Waals surface area contributed by atoms with Crippen LogP contribution in [0.5, 0.6) is 5.75 Å². The smallest absolute Gasteiger partial charge is 0.270 e. The first-order chi connectivity index (χ1) is 12.3. The summed E-state index contributed by atoms with van der Waals surface area (Å²) in [5, 5.41) is 0. The molecule has 2 N–H and O–H groups in total. The fraction of sp³-hybridized carbons (Fsp3) is 0.350. The second kappa shape index (κ2) is 8.76. The van der Waals surface area contributed by atoms with Crippen molar-refractivity contribution in [1.82, 2.24) is 0 Å². The topological polar surface area (TPSA) is 56.8 Å². The number of nitrogens with zero attached hydrogens (tertiary/aromatic N) is 1. The van der Waals surface area contributed by atoms with Crippen molar-refractivity contribution >= 4 is 5.84 Å². The zero-order chi connectivity index (χ0) is 19.2. The highest BCUT2D eigenvalue weighted by molar-refractivity contribution is 6.00. The molecule has 0 aliphatic heterocycles. The number of amidine groups is 1. The van der Waals surface area contributed by atoms with Gasteiger partial charge in [0.05, 0.1) is 12.1 Å². The summed E-state index contributed by atoms with van der Waals surface area (Å²) in [6.45, 7) is 3.33. The van der Waals surface area contributed by atoms with E-state index in [0.29, 0.717) is 23.7 Å². The van der Waals surface area contributed by atoms with Gasteiger partial charge in [0.25, 0.3) is 5.92 Å². The van der Waals surface area contributed by atoms with Crippen LogP contribution in [-0.4, -0.2) is 19.7 Å². The Hall–Kier alpha value is -2.47. The number of halogens is 2. The molecule has 0 aromatic heterocycles. The Labute approximate surface area is 152 Å². The maximum Gasteiger partial charge on any atom is 0.270 e. The number of ether oxygens (including phenoxy) is 2. The largest absolute Gasteiger partial charge is 0.467 e. The van der Waals surface area contributed by atoms with E-state index in [0.717, 1.165) is 24.5 Å². The number of hydrogen-bond acceptors (Lipinski definition) is 3. The average Bonchev–Trinajstić information content (AvgIpc) is 2.64. The van der Waals surface area contributed by atoms with Gasteiger partial charge >= 0.3 is 0 Å². The van der Waals surface area contributed by atoms with Crippen LogP contribution in [0.25, 0.3) is 0 Å². The van der Waals surface area contributed by atoms with Crippen LogP contribution in [0.1, 0.15) is 36.1 Å². The lowest BCUT2D eigenvalue weighted by molar-refractivity contribution is 0.0174. The maximum atomic E-state index is 13.3. The van der Waals surface area contributed by atoms with Crippen LogP contribution in [0, 0.1) is 0 Å². The first-order valence-electron chi connectivity index (χ1n) is 8.37. The molecule has 26 heavy (non-hydrogen) atoms. The summed E-state index contributed by atoms with van der Waals surface area (Å²) in [6.07, 6.45) is 0.859. The lowest BCUT2D eigenvalue weighted by atomic mass is 10.1. The Balaban J connectivity index is 2.20. The van der Waals surface area contributed by atoms with Crippen molar-refractivity contribution in [3.63, 3.8) is 0 Å². The molecule has 0 heterocycles. The van der Waals surface area contributed by atoms with E-state index in [-0.39, 0.29) is 12.4 Å². The van der Waals surface area contributed by atoms with Gasteiger partial charge in [-0.2, -0.15) is 0 Å². The third kappa shape index (κ3) is 5.26. The second-order valence-electron chi connectivity index (χ2n) is 6.02. The average molecular weight is 362 g/mol. The molecule has 0 bridgehead atoms. The highest BCUT2D eigenvalue weighted by atomic mass is 19.3. The molecule has 0 spiro atoms. The van der Waals surface area contributed by atoms with E-state index >= 15 is 0 Å². The summed E-state index contributed by atoms with van der Waals surface area (Å²) in [5.74, 6) is -1.93. The Morgan fingerprint density at radius 1 is 1.12 bits per heavy atom. The van der Waals surface area contributed by atoms with Gasteiger partial charge in [-0.1, -0.05) is 37.3 Å². The first kappa shape index (κ1) is 19.8. The molecule has 0 aliphatic rings. The Bertz CT molecular complexity index is 753. The molecule has 0 fully saturated rings. The molecule has 0 amide bonds. The summed E-state index contributed by atoms with van der Waals surface area (Å²) in [6, 6.07) is 11.8. The number of aryl methyl sites for hydroxylation is 1. The normalized spacial score (nSPS) is 12.3. The molecule has 2 rings (SSSR count). The third-order valence-corrected chi connectivity index (χ3v) is 3.95. The van der Waals surface area contributed by atoms with Crippen LogP contribution >= 0.6 is 0 Å². The molecule has 0 radical (unpaired) electrons. The van der Waals surface area contributed by atoms with Gasteiger partial charge in [-0.05, 0) is 29.7 Å². The molecule has 4 nitrogen and oxygen atoms in total. The molecule has 0 atom stereocenters. The number of methoxy groups -OCH3 is 1. The number of hydrogen-bond donors (Lipinski definition) is 1. The lowest BCUT2D eigenvalue weighted by Crippen LogP contribution is -2.16. The van der Waals surface area contributed by atoms with Crippen LogP contribution in [0.2, 0.25) is 0 Å². The van der Waals surface area contributed by atoms with Crippen molar-refractivity contribution in [1.29, 1.82) is 0 Å². The maximum absolute atomic E-state index is 13.3. The minimum absolute atomic E-state index is 0.0240. The van der Waals surface area contributed by atoms with Crippen LogP contribution in [0.15, 0.2) is 47.5 Å². The molecule has 0 saturated heterocycles. The molecule has 0 unspecified atom stereocenters. The van der Waals surface area contributed by atoms with E-state index in [1.54, 1.807) is 19.2 Å². The van der Waals surface area contributed by atoms with Crippen molar-refractivity contribution in [2.45, 2.75) is 32.7 Å². The number of nitrogens with two attached hydrogens (primary N) is 1. The van der Waals surface area contributed by atoms with Crippen LogP contribution < -0.4 is 10.5 Å². The summed E-state index contributed by atoms with van der Waals surface area (Å²) in [5.41, 5.74) is 8.72. The van der Waals surface area contributed by atoms with Gasteiger partial charge in [0.2, 0.25) is 0 Å². The highest BCUT2D eigenvalue weighted by Gasteiger charge is 2.23. The lowest BCUT2D eigenvalue weighted by Gasteiger charge is -2.12. The quantitative estimate of drug-likeness (QED) is 0.434. The molecule has 140 valence electrons. The predicted octanol–water partition coefficient (Wildman–Crippen LogP) is 4.25. The fourth-order valence-electron chi connectivity index (χ4n) is 2.41. The molecule has 6 heteroatoms. The Morgan fingerprint density at radius 2 is 1.77 bits per heavy atom. The summed E-state index contributed by atoms with van der Waals surface area (Å²) in [4.78, 5) is 4.39. The SMILES string of the molecule is CCc1ccc(OCOC)c(C(N)=NCc2ccc(C(C)(F)F)cc2)c1. The minimum atomic E-state index is -2.85. The zero-order valence-electron chi connectivity index (χ0n) is 15.3. The van der Waals surface area contributed by atoms with E-state index in [1.165, 1.54) is 12.1 Å². The molecule has 2 aromatic carbocycles. The monoisotopic (exact) mass is 362 g/mol. The standard InChI is InChI=1S/C20H24F2N2O2/c1-4-14-7-10-18(26-13-25-3)17(11-14)19(23)24-12-15-5-8-16(9-6-15)20(2,21)22/h5-11H,4,12-13H2,1-3H3,(H2,23,24). The van der Waals surface area contributed by atoms with E-state index in [2.05, 4.69) is 4.99 Å². The van der Waals surface area contributed by atoms with Crippen LogP contribution in [0.3, 0.4) is 0 Å². The van der Waals surface area contributed by atoms with E-state index in [4.69, 9.17) is 15.2 Å². The van der Waals surface area contributed by atoms with Crippen molar-refractivity contribution in [3.05, 3.63) is 64.7 Å². The third-order valence-electron chi connectivity index (χ3n) is 3.95. The van der Waals surface area contributed by atoms with Crippen molar-refractivity contribution < 1.29 is 18.3 Å². The van der Waals surface area contributed by atoms with Crippen LogP contribution in [-0.2, 0) is 23.6 Å². The molecule has 0 aliphatic carbocycles. The Kier molecular flexibility index (Phi) is 6.69. The van der Waals surface area contributed by atoms with E-state index in [1.807, 2.05) is 25.1 Å². The summed E-state index contributed by atoms with van der Waals surface area (Å²) in [7, 11) is 1.54. The van der Waals surface area contributed by atoms with E-state index < -0.39 is 5.92 Å². The van der Waals surface area contributed by atoms with Gasteiger partial charge < -0.3 is 15.2 Å². The Morgan fingerprint density at radius 3 is 2.35 bits per heavy atom. The van der Waals surface area contributed by atoms with Gasteiger partial charge in [0.15, 0.2) is 6.79 Å². The molecule has 0 saturated carbocycles. The second-order valence-corrected chi connectivity index (χ2v) is 6.02. The van der Waals surface area contributed by atoms with Crippen molar-refractivity contribution in [2.75, 3.05) is 13.9 Å². The van der Waals surface area contributed by atoms with Gasteiger partial charge in [-0.25, -0.2) is 8.78 Å². The van der Waals surface area contributed by atoms with Crippen molar-refractivity contribution in [2.24, 2.45) is 10.7 Å². The summed E-state index contributed by atoms with van der Waals surface area (Å²) >= 11 is 0. The minimum Gasteiger partial charge on any atom is -0.467 e. The molecular formula is C20H24F2N2O2. The van der Waals surface area contributed by atoms with E-state index in [9.17, 15) is 8.78 Å². The van der Waals surface area contributed by atoms with Gasteiger partial charge in [-0.3, -0.25) is 4.99 Å². The fourth-order valence-corrected chi connectivity index (χ4v) is 2.41. The number of aliphatic imine (C=N–C) groups is 1. The number of benzene rings is 2.